The molecular weight excluding hydrogens is 520 g/mol. The highest BCUT2D eigenvalue weighted by atomic mass is 16.6. The number of aliphatic hydroxyl groups excluding tert-OH is 1. The minimum atomic E-state index is -0.628. The van der Waals surface area contributed by atoms with Crippen molar-refractivity contribution in [2.24, 2.45) is 20.0 Å². The van der Waals surface area contributed by atoms with Crippen molar-refractivity contribution in [1.29, 1.82) is 0 Å². The molecule has 0 aliphatic carbocycles. The van der Waals surface area contributed by atoms with E-state index in [9.17, 15) is 9.90 Å². The fourth-order valence-electron chi connectivity index (χ4n) is 5.96. The van der Waals surface area contributed by atoms with Gasteiger partial charge >= 0.3 is 6.09 Å². The number of ether oxygens (including phenoxy) is 1. The Labute approximate surface area is 238 Å². The molecule has 4 aromatic rings. The van der Waals surface area contributed by atoms with Gasteiger partial charge in [-0.2, -0.15) is 5.10 Å². The molecule has 0 radical (unpaired) electrons. The topological polar surface area (TPSA) is 128 Å². The van der Waals surface area contributed by atoms with E-state index in [4.69, 9.17) is 10.5 Å². The average molecular weight is 557 g/mol. The van der Waals surface area contributed by atoms with Gasteiger partial charge in [0.15, 0.2) is 0 Å². The van der Waals surface area contributed by atoms with Crippen molar-refractivity contribution < 1.29 is 14.6 Å². The number of aliphatic hydroxyl groups is 1. The zero-order chi connectivity index (χ0) is 29.1. The highest BCUT2D eigenvalue weighted by molar-refractivity contribution is 6.09. The highest BCUT2D eigenvalue weighted by Gasteiger charge is 2.40. The van der Waals surface area contributed by atoms with E-state index < -0.39 is 11.7 Å². The van der Waals surface area contributed by atoms with Gasteiger partial charge in [-0.15, -0.1) is 0 Å². The summed E-state index contributed by atoms with van der Waals surface area (Å²) in [5.41, 5.74) is 10.3. The molecule has 2 atom stereocenters. The van der Waals surface area contributed by atoms with E-state index in [1.165, 1.54) is 6.33 Å². The molecule has 3 N–H and O–H groups in total. The number of amides is 1. The van der Waals surface area contributed by atoms with Crippen molar-refractivity contribution in [2.45, 2.75) is 44.9 Å². The van der Waals surface area contributed by atoms with Crippen molar-refractivity contribution in [3.05, 3.63) is 36.4 Å². The van der Waals surface area contributed by atoms with Crippen LogP contribution in [0.5, 0.6) is 0 Å². The Bertz CT molecular complexity index is 1700. The maximum absolute atomic E-state index is 12.4. The smallest absolute Gasteiger partial charge is 0.410 e. The molecule has 2 aliphatic rings. The summed E-state index contributed by atoms with van der Waals surface area (Å²) in [6.45, 7) is 7.90. The third kappa shape index (κ3) is 4.87. The monoisotopic (exact) mass is 556 g/mol. The Kier molecular flexibility index (Phi) is 6.63. The van der Waals surface area contributed by atoms with Crippen molar-refractivity contribution in [2.75, 3.05) is 31.9 Å². The third-order valence-corrected chi connectivity index (χ3v) is 8.03. The van der Waals surface area contributed by atoms with Gasteiger partial charge < -0.3 is 25.0 Å². The average Bonchev–Trinajstić information content (AvgIpc) is 3.41. The Balaban J connectivity index is 1.23. The predicted molar refractivity (Wildman–Crippen MR) is 157 cm³/mol. The molecule has 2 saturated heterocycles. The number of fused-ring (bicyclic) bond motifs is 2. The van der Waals surface area contributed by atoms with Crippen molar-refractivity contribution in [3.63, 3.8) is 0 Å². The molecule has 6 rings (SSSR count). The summed E-state index contributed by atoms with van der Waals surface area (Å²) in [4.78, 5) is 25.1. The van der Waals surface area contributed by atoms with Gasteiger partial charge in [-0.05, 0) is 44.7 Å². The van der Waals surface area contributed by atoms with Crippen molar-refractivity contribution >= 4 is 33.8 Å². The molecular formula is C30H36N8O3. The maximum Gasteiger partial charge on any atom is 0.410 e. The van der Waals surface area contributed by atoms with E-state index in [-0.39, 0.29) is 24.6 Å². The lowest BCUT2D eigenvalue weighted by molar-refractivity contribution is -0.0521. The van der Waals surface area contributed by atoms with Crippen LogP contribution in [-0.4, -0.2) is 89.2 Å². The van der Waals surface area contributed by atoms with Crippen LogP contribution in [-0.2, 0) is 18.8 Å². The number of nitrogens with zero attached hydrogens (tertiary/aromatic N) is 7. The molecule has 0 spiro atoms. The van der Waals surface area contributed by atoms with E-state index >= 15 is 0 Å². The number of hydrogen-bond acceptors (Lipinski definition) is 8. The first-order valence-electron chi connectivity index (χ1n) is 13.9. The van der Waals surface area contributed by atoms with Crippen molar-refractivity contribution in [3.8, 4) is 23.0 Å². The van der Waals surface area contributed by atoms with Gasteiger partial charge in [-0.1, -0.05) is 18.1 Å². The molecule has 11 heteroatoms. The SMILES string of the molecule is Cn1ncc2c(-c3c(C#CC4CN([C@@H]5CCN(C(=O)OC(C)(C)C)C[C@@H]5O)C4)n(C)c4ncnc(N)c34)cccc21. The van der Waals surface area contributed by atoms with E-state index in [0.717, 1.165) is 51.8 Å². The Morgan fingerprint density at radius 2 is 1.95 bits per heavy atom. The lowest BCUT2D eigenvalue weighted by Gasteiger charge is -2.47. The Morgan fingerprint density at radius 3 is 2.68 bits per heavy atom. The van der Waals surface area contributed by atoms with Gasteiger partial charge in [0, 0.05) is 56.6 Å². The number of aromatic nitrogens is 5. The van der Waals surface area contributed by atoms with Crippen LogP contribution in [0.15, 0.2) is 30.7 Å². The summed E-state index contributed by atoms with van der Waals surface area (Å²) < 4.78 is 9.31. The second-order valence-corrected chi connectivity index (χ2v) is 12.0. The number of β-amino-alcohol motifs (C(OH)–C–C–N with tert-alkyl or cyclic N) is 1. The molecule has 2 aliphatic heterocycles. The number of hydrogen-bond donors (Lipinski definition) is 2. The number of nitrogens with two attached hydrogens (primary N) is 1. The van der Waals surface area contributed by atoms with Crippen LogP contribution in [0.3, 0.4) is 0 Å². The van der Waals surface area contributed by atoms with Crippen LogP contribution < -0.4 is 5.73 Å². The van der Waals surface area contributed by atoms with Crippen LogP contribution >= 0.6 is 0 Å². The molecule has 2 fully saturated rings. The van der Waals surface area contributed by atoms with Crippen LogP contribution in [0.4, 0.5) is 10.6 Å². The number of aryl methyl sites for hydroxylation is 2. The number of carbonyl (C=O) groups is 1. The summed E-state index contributed by atoms with van der Waals surface area (Å²) in [6.07, 6.45) is 3.04. The first-order valence-corrected chi connectivity index (χ1v) is 13.9. The fraction of sp³-hybridized carbons (Fsp3) is 0.467. The number of piperidine rings is 1. The van der Waals surface area contributed by atoms with Gasteiger partial charge in [0.2, 0.25) is 0 Å². The highest BCUT2D eigenvalue weighted by Crippen LogP contribution is 2.39. The summed E-state index contributed by atoms with van der Waals surface area (Å²) in [5, 5.41) is 17.1. The number of likely N-dealkylation sites (tertiary alicyclic amines) is 2. The number of benzene rings is 1. The normalized spacial score (nSPS) is 20.2. The molecule has 0 unspecified atom stereocenters. The number of rotatable bonds is 2. The van der Waals surface area contributed by atoms with Crippen LogP contribution in [0.25, 0.3) is 33.1 Å². The zero-order valence-corrected chi connectivity index (χ0v) is 24.1. The lowest BCUT2D eigenvalue weighted by Crippen LogP contribution is -2.61. The van der Waals surface area contributed by atoms with E-state index in [1.807, 2.05) is 62.4 Å². The molecule has 214 valence electrons. The van der Waals surface area contributed by atoms with E-state index in [0.29, 0.717) is 18.8 Å². The molecule has 3 aromatic heterocycles. The molecule has 0 bridgehead atoms. The van der Waals surface area contributed by atoms with Crippen LogP contribution in [0, 0.1) is 17.8 Å². The number of anilines is 1. The lowest BCUT2D eigenvalue weighted by atomic mass is 9.92. The first kappa shape index (κ1) is 27.1. The molecule has 0 saturated carbocycles. The van der Waals surface area contributed by atoms with Crippen LogP contribution in [0.2, 0.25) is 0 Å². The second-order valence-electron chi connectivity index (χ2n) is 12.0. The van der Waals surface area contributed by atoms with Crippen molar-refractivity contribution in [1.82, 2.24) is 34.1 Å². The second kappa shape index (κ2) is 10.0. The molecule has 5 heterocycles. The summed E-state index contributed by atoms with van der Waals surface area (Å²) in [7, 11) is 3.88. The molecule has 1 aromatic carbocycles. The largest absolute Gasteiger partial charge is 0.444 e. The first-order chi connectivity index (χ1) is 19.5. The quantitative estimate of drug-likeness (QED) is 0.361. The molecule has 41 heavy (non-hydrogen) atoms. The predicted octanol–water partition coefficient (Wildman–Crippen LogP) is 2.76. The van der Waals surface area contributed by atoms with Gasteiger partial charge in [0.05, 0.1) is 29.7 Å². The van der Waals surface area contributed by atoms with Crippen LogP contribution in [0.1, 0.15) is 32.9 Å². The molecule has 1 amide bonds. The number of carbonyl (C=O) groups excluding carboxylic acids is 1. The van der Waals surface area contributed by atoms with Gasteiger partial charge in [-0.25, -0.2) is 14.8 Å². The standard InChI is InChI=1S/C30H36N8O3/c1-30(2,3)41-29(40)37-12-11-22(24(39)16-37)38-14-18(15-38)9-10-23-25(26-27(31)32-17-33-28(26)35(23)4)19-7-6-8-21-20(19)13-34-36(21)5/h6-8,13,17-18,22,24,39H,11-12,14-16H2,1-5H3,(H2,31,32,33)/t22-,24+/m1/s1. The number of nitrogen functional groups attached to an aromatic ring is 1. The summed E-state index contributed by atoms with van der Waals surface area (Å²) in [5.74, 6) is 7.50. The Hall–Kier alpha value is -4.14. The maximum atomic E-state index is 12.4. The Morgan fingerprint density at radius 1 is 1.17 bits per heavy atom. The van der Waals surface area contributed by atoms with Gasteiger partial charge in [0.1, 0.15) is 29.1 Å². The van der Waals surface area contributed by atoms with Gasteiger partial charge in [-0.3, -0.25) is 9.58 Å². The summed E-state index contributed by atoms with van der Waals surface area (Å²) in [6, 6.07) is 6.11. The van der Waals surface area contributed by atoms with E-state index in [2.05, 4.69) is 37.9 Å². The van der Waals surface area contributed by atoms with E-state index in [1.54, 1.807) is 4.90 Å². The minimum absolute atomic E-state index is 0.00169. The van der Waals surface area contributed by atoms with Gasteiger partial charge in [0.25, 0.3) is 0 Å². The minimum Gasteiger partial charge on any atom is -0.444 e. The fourth-order valence-corrected chi connectivity index (χ4v) is 5.96. The zero-order valence-electron chi connectivity index (χ0n) is 24.1. The third-order valence-electron chi connectivity index (χ3n) is 8.03. The molecule has 11 nitrogen and oxygen atoms in total. The summed E-state index contributed by atoms with van der Waals surface area (Å²) >= 11 is 0.